The first-order valence-electron chi connectivity index (χ1n) is 5.31. The Kier molecular flexibility index (Phi) is 7.64. The topological polar surface area (TPSA) is 145 Å². The van der Waals surface area contributed by atoms with Crippen molar-refractivity contribution in [3.8, 4) is 0 Å². The third-order valence-electron chi connectivity index (χ3n) is 2.13. The summed E-state index contributed by atoms with van der Waals surface area (Å²) in [4.78, 5) is 21.8. The molecule has 0 aromatic carbocycles. The van der Waals surface area contributed by atoms with Gasteiger partial charge in [-0.15, -0.1) is 0 Å². The summed E-state index contributed by atoms with van der Waals surface area (Å²) in [6.45, 7) is 0.503. The second-order valence-electron chi connectivity index (χ2n) is 3.87. The lowest BCUT2D eigenvalue weighted by Gasteiger charge is -2.25. The second kappa shape index (κ2) is 8.11. The Hall–Kier alpha value is -1.06. The average Bonchev–Trinajstić information content (AvgIpc) is 2.32. The number of aliphatic hydroxyl groups is 5. The molecule has 0 aliphatic carbocycles. The summed E-state index contributed by atoms with van der Waals surface area (Å²) >= 11 is 0. The van der Waals surface area contributed by atoms with Crippen LogP contribution in [0.25, 0.3) is 0 Å². The molecule has 106 valence electrons. The average molecular weight is 266 g/mol. The molecule has 0 radical (unpaired) electrons. The van der Waals surface area contributed by atoms with Crippen LogP contribution in [0.1, 0.15) is 13.3 Å². The van der Waals surface area contributed by atoms with Crippen LogP contribution in [-0.4, -0.2) is 74.9 Å². The molecule has 0 aliphatic heterocycles. The van der Waals surface area contributed by atoms with Crippen LogP contribution < -0.4 is 0 Å². The van der Waals surface area contributed by atoms with Gasteiger partial charge in [-0.3, -0.25) is 9.59 Å². The maximum absolute atomic E-state index is 11.1. The summed E-state index contributed by atoms with van der Waals surface area (Å²) in [5.74, 6) is -0.938. The Morgan fingerprint density at radius 2 is 1.78 bits per heavy atom. The highest BCUT2D eigenvalue weighted by atomic mass is 16.6. The molecule has 0 rings (SSSR count). The van der Waals surface area contributed by atoms with E-state index in [0.717, 1.165) is 0 Å². The van der Waals surface area contributed by atoms with E-state index in [1.807, 2.05) is 0 Å². The summed E-state index contributed by atoms with van der Waals surface area (Å²) in [6, 6.07) is 0. The van der Waals surface area contributed by atoms with E-state index < -0.39 is 43.1 Å². The van der Waals surface area contributed by atoms with Crippen LogP contribution in [0.3, 0.4) is 0 Å². The second-order valence-corrected chi connectivity index (χ2v) is 3.87. The van der Waals surface area contributed by atoms with Crippen LogP contribution >= 0.6 is 0 Å². The van der Waals surface area contributed by atoms with Gasteiger partial charge in [0, 0.05) is 0 Å². The fourth-order valence-corrected chi connectivity index (χ4v) is 1.15. The van der Waals surface area contributed by atoms with Crippen molar-refractivity contribution in [2.45, 2.75) is 43.9 Å². The van der Waals surface area contributed by atoms with E-state index in [-0.39, 0.29) is 12.7 Å². The highest BCUT2D eigenvalue weighted by Crippen LogP contribution is 2.08. The number of esters is 1. The lowest BCUT2D eigenvalue weighted by molar-refractivity contribution is -0.169. The molecule has 5 atom stereocenters. The van der Waals surface area contributed by atoms with Crippen LogP contribution in [0, 0.1) is 0 Å². The summed E-state index contributed by atoms with van der Waals surface area (Å²) < 4.78 is 4.52. The van der Waals surface area contributed by atoms with Gasteiger partial charge in [0.2, 0.25) is 0 Å². The molecule has 0 aliphatic rings. The molecule has 5 unspecified atom stereocenters. The smallest absolute Gasteiger partial charge is 0.309 e. The van der Waals surface area contributed by atoms with E-state index in [2.05, 4.69) is 4.74 Å². The Morgan fingerprint density at radius 1 is 1.22 bits per heavy atom. The normalized spacial score (nSPS) is 19.4. The fourth-order valence-electron chi connectivity index (χ4n) is 1.15. The molecule has 0 aromatic rings. The first kappa shape index (κ1) is 16.9. The number of aliphatic hydroxyl groups excluding tert-OH is 5. The molecular formula is C10H18O8. The van der Waals surface area contributed by atoms with E-state index in [9.17, 15) is 19.8 Å². The number of aldehydes is 1. The summed E-state index contributed by atoms with van der Waals surface area (Å²) in [7, 11) is 0. The number of hydrogen-bond donors (Lipinski definition) is 5. The van der Waals surface area contributed by atoms with Gasteiger partial charge in [-0.1, -0.05) is 0 Å². The van der Waals surface area contributed by atoms with Gasteiger partial charge in [0.05, 0.1) is 19.1 Å². The molecule has 0 bridgehead atoms. The molecule has 0 spiro atoms. The van der Waals surface area contributed by atoms with E-state index in [0.29, 0.717) is 0 Å². The van der Waals surface area contributed by atoms with Gasteiger partial charge >= 0.3 is 5.97 Å². The molecule has 0 aromatic heterocycles. The predicted octanol–water partition coefficient (Wildman–Crippen LogP) is -3.06. The summed E-state index contributed by atoms with van der Waals surface area (Å²) in [5, 5.41) is 45.3. The van der Waals surface area contributed by atoms with Gasteiger partial charge in [0.25, 0.3) is 0 Å². The standard InChI is InChI=1S/C10H18O8/c1-5(13)2-8(15)18-7(4-12)10(17)9(16)6(14)3-11/h4-7,9-11,13-14,16-17H,2-3H2,1H3. The van der Waals surface area contributed by atoms with Crippen molar-refractivity contribution >= 4 is 12.3 Å². The van der Waals surface area contributed by atoms with E-state index in [1.54, 1.807) is 0 Å². The molecule has 0 saturated carbocycles. The highest BCUT2D eigenvalue weighted by Gasteiger charge is 2.33. The highest BCUT2D eigenvalue weighted by molar-refractivity contribution is 5.73. The number of carbonyl (C=O) groups excluding carboxylic acids is 2. The third kappa shape index (κ3) is 5.52. The molecular weight excluding hydrogens is 248 g/mol. The van der Waals surface area contributed by atoms with Gasteiger partial charge in [-0.05, 0) is 6.92 Å². The van der Waals surface area contributed by atoms with Crippen LogP contribution in [-0.2, 0) is 14.3 Å². The molecule has 8 nitrogen and oxygen atoms in total. The van der Waals surface area contributed by atoms with E-state index in [1.165, 1.54) is 6.92 Å². The zero-order valence-electron chi connectivity index (χ0n) is 9.84. The SMILES string of the molecule is CC(O)CC(=O)OC(C=O)C(O)C(O)C(O)CO. The summed E-state index contributed by atoms with van der Waals surface area (Å²) in [5.41, 5.74) is 0. The van der Waals surface area contributed by atoms with Crippen molar-refractivity contribution in [1.29, 1.82) is 0 Å². The summed E-state index contributed by atoms with van der Waals surface area (Å²) in [6.07, 6.45) is -8.35. The van der Waals surface area contributed by atoms with Crippen molar-refractivity contribution in [2.24, 2.45) is 0 Å². The van der Waals surface area contributed by atoms with Crippen LogP contribution in [0.15, 0.2) is 0 Å². The van der Waals surface area contributed by atoms with Crippen molar-refractivity contribution in [3.63, 3.8) is 0 Å². The molecule has 5 N–H and O–H groups in total. The Labute approximate surface area is 103 Å². The molecule has 0 fully saturated rings. The lowest BCUT2D eigenvalue weighted by Crippen LogP contribution is -2.48. The minimum atomic E-state index is -1.87. The number of ether oxygens (including phenoxy) is 1. The number of carbonyl (C=O) groups is 2. The Balaban J connectivity index is 4.48. The number of hydrogen-bond acceptors (Lipinski definition) is 8. The first-order chi connectivity index (χ1) is 8.33. The molecule has 8 heteroatoms. The maximum atomic E-state index is 11.1. The van der Waals surface area contributed by atoms with Crippen LogP contribution in [0.5, 0.6) is 0 Å². The fraction of sp³-hybridized carbons (Fsp3) is 0.800. The molecule has 0 saturated heterocycles. The quantitative estimate of drug-likeness (QED) is 0.230. The Bertz CT molecular complexity index is 267. The molecule has 0 amide bonds. The van der Waals surface area contributed by atoms with Crippen LogP contribution in [0.2, 0.25) is 0 Å². The van der Waals surface area contributed by atoms with Crippen molar-refractivity contribution in [2.75, 3.05) is 6.61 Å². The third-order valence-corrected chi connectivity index (χ3v) is 2.13. The van der Waals surface area contributed by atoms with Gasteiger partial charge < -0.3 is 30.3 Å². The van der Waals surface area contributed by atoms with E-state index in [4.69, 9.17) is 15.3 Å². The monoisotopic (exact) mass is 266 g/mol. The maximum Gasteiger partial charge on any atom is 0.309 e. The van der Waals surface area contributed by atoms with E-state index >= 15 is 0 Å². The largest absolute Gasteiger partial charge is 0.452 e. The zero-order valence-corrected chi connectivity index (χ0v) is 9.84. The van der Waals surface area contributed by atoms with Crippen molar-refractivity contribution < 1.29 is 39.9 Å². The molecule has 18 heavy (non-hydrogen) atoms. The Morgan fingerprint density at radius 3 is 2.17 bits per heavy atom. The van der Waals surface area contributed by atoms with Gasteiger partial charge in [0.15, 0.2) is 12.4 Å². The van der Waals surface area contributed by atoms with Crippen molar-refractivity contribution in [3.05, 3.63) is 0 Å². The first-order valence-corrected chi connectivity index (χ1v) is 5.31. The predicted molar refractivity (Wildman–Crippen MR) is 57.3 cm³/mol. The lowest BCUT2D eigenvalue weighted by atomic mass is 10.0. The van der Waals surface area contributed by atoms with Crippen LogP contribution in [0.4, 0.5) is 0 Å². The van der Waals surface area contributed by atoms with Crippen molar-refractivity contribution in [1.82, 2.24) is 0 Å². The molecule has 0 heterocycles. The minimum absolute atomic E-state index is 0.0813. The zero-order chi connectivity index (χ0) is 14.3. The van der Waals surface area contributed by atoms with Gasteiger partial charge in [-0.2, -0.15) is 0 Å². The minimum Gasteiger partial charge on any atom is -0.452 e. The van der Waals surface area contributed by atoms with Gasteiger partial charge in [0.1, 0.15) is 18.3 Å². The number of rotatable bonds is 8. The van der Waals surface area contributed by atoms with Gasteiger partial charge in [-0.25, -0.2) is 0 Å².